The quantitative estimate of drug-likeness (QED) is 0.710. The fourth-order valence-corrected chi connectivity index (χ4v) is 1.08. The van der Waals surface area contributed by atoms with Crippen LogP contribution >= 0.6 is 0 Å². The van der Waals surface area contributed by atoms with Gasteiger partial charge in [-0.1, -0.05) is 30.3 Å². The largest absolute Gasteiger partial charge is 0.290 e. The Bertz CT molecular complexity index is 349. The van der Waals surface area contributed by atoms with Crippen LogP contribution in [-0.2, 0) is 5.92 Å². The number of rotatable bonds is 2. The summed E-state index contributed by atoms with van der Waals surface area (Å²) in [5.74, 6) is -3.12. The van der Waals surface area contributed by atoms with Crippen molar-refractivity contribution >= 4 is 0 Å². The Balaban J connectivity index is 3.16. The van der Waals surface area contributed by atoms with Gasteiger partial charge in [0.25, 0.3) is 5.92 Å². The highest BCUT2D eigenvalue weighted by molar-refractivity contribution is 5.24. The lowest BCUT2D eigenvalue weighted by Gasteiger charge is -2.27. The monoisotopic (exact) mass is 195 g/mol. The average molecular weight is 195 g/mol. The highest BCUT2D eigenvalue weighted by Crippen LogP contribution is 2.43. The lowest BCUT2D eigenvalue weighted by molar-refractivity contribution is -0.0853. The van der Waals surface area contributed by atoms with E-state index in [2.05, 4.69) is 0 Å². The molecule has 1 rings (SSSR count). The van der Waals surface area contributed by atoms with E-state index < -0.39 is 11.3 Å². The number of hydrogen-bond acceptors (Lipinski definition) is 1. The number of hydrogen-bond donors (Lipinski definition) is 0. The molecule has 0 saturated heterocycles. The van der Waals surface area contributed by atoms with Gasteiger partial charge in [0.05, 0.1) is 6.07 Å². The minimum Gasteiger partial charge on any atom is -0.200 e. The van der Waals surface area contributed by atoms with Gasteiger partial charge in [-0.15, -0.1) is 0 Å². The summed E-state index contributed by atoms with van der Waals surface area (Å²) >= 11 is 0. The van der Waals surface area contributed by atoms with E-state index >= 15 is 0 Å². The van der Waals surface area contributed by atoms with E-state index in [0.717, 1.165) is 0 Å². The van der Waals surface area contributed by atoms with Crippen LogP contribution in [0.15, 0.2) is 30.3 Å². The predicted molar refractivity (Wildman–Crippen MR) is 49.7 cm³/mol. The van der Waals surface area contributed by atoms with Gasteiger partial charge in [-0.2, -0.15) is 14.0 Å². The minimum absolute atomic E-state index is 0.119. The molecule has 0 fully saturated rings. The summed E-state index contributed by atoms with van der Waals surface area (Å²) in [6.45, 7) is 2.47. The number of nitrogens with zero attached hydrogens (tertiary/aromatic N) is 1. The van der Waals surface area contributed by atoms with Gasteiger partial charge in [-0.05, 0) is 13.8 Å². The van der Waals surface area contributed by atoms with Crippen molar-refractivity contribution < 1.29 is 8.78 Å². The van der Waals surface area contributed by atoms with Crippen molar-refractivity contribution in [2.24, 2.45) is 5.41 Å². The summed E-state index contributed by atoms with van der Waals surface area (Å²) < 4.78 is 27.4. The molecule has 0 amide bonds. The third-order valence-corrected chi connectivity index (χ3v) is 2.20. The van der Waals surface area contributed by atoms with E-state index in [0.29, 0.717) is 0 Å². The average Bonchev–Trinajstić information content (AvgIpc) is 2.19. The molecule has 0 spiro atoms. The topological polar surface area (TPSA) is 23.8 Å². The number of halogens is 2. The second-order valence-electron chi connectivity index (χ2n) is 3.68. The van der Waals surface area contributed by atoms with Crippen molar-refractivity contribution in [2.45, 2.75) is 19.8 Å². The van der Waals surface area contributed by atoms with Crippen molar-refractivity contribution in [3.63, 3.8) is 0 Å². The van der Waals surface area contributed by atoms with Gasteiger partial charge in [0.15, 0.2) is 0 Å². The highest BCUT2D eigenvalue weighted by atomic mass is 19.3. The van der Waals surface area contributed by atoms with E-state index in [1.807, 2.05) is 0 Å². The molecule has 1 aromatic carbocycles. The standard InChI is InChI=1S/C11H11F2N/c1-10(2,8-14)11(12,13)9-6-4-3-5-7-9/h3-7H,1-2H3. The third kappa shape index (κ3) is 1.60. The molecule has 0 atom stereocenters. The van der Waals surface area contributed by atoms with Crippen molar-refractivity contribution in [1.82, 2.24) is 0 Å². The Kier molecular flexibility index (Phi) is 2.57. The van der Waals surface area contributed by atoms with E-state index in [4.69, 9.17) is 5.26 Å². The van der Waals surface area contributed by atoms with Crippen LogP contribution in [-0.4, -0.2) is 0 Å². The maximum absolute atomic E-state index is 13.7. The second kappa shape index (κ2) is 3.38. The van der Waals surface area contributed by atoms with Crippen molar-refractivity contribution in [2.75, 3.05) is 0 Å². The predicted octanol–water partition coefficient (Wildman–Crippen LogP) is 3.33. The molecule has 0 bridgehead atoms. The van der Waals surface area contributed by atoms with Crippen LogP contribution in [0.5, 0.6) is 0 Å². The summed E-state index contributed by atoms with van der Waals surface area (Å²) in [5.41, 5.74) is -1.81. The highest BCUT2D eigenvalue weighted by Gasteiger charge is 2.48. The van der Waals surface area contributed by atoms with Gasteiger partial charge in [-0.3, -0.25) is 0 Å². The van der Waals surface area contributed by atoms with Crippen LogP contribution in [0, 0.1) is 16.7 Å². The minimum atomic E-state index is -3.12. The number of alkyl halides is 2. The van der Waals surface area contributed by atoms with Gasteiger partial charge in [-0.25, -0.2) is 0 Å². The molecule has 74 valence electrons. The summed E-state index contributed by atoms with van der Waals surface area (Å²) in [6, 6.07) is 9.04. The smallest absolute Gasteiger partial charge is 0.200 e. The fraction of sp³-hybridized carbons (Fsp3) is 0.364. The fourth-order valence-electron chi connectivity index (χ4n) is 1.08. The molecule has 0 saturated carbocycles. The van der Waals surface area contributed by atoms with Crippen LogP contribution in [0.4, 0.5) is 8.78 Å². The number of benzene rings is 1. The molecule has 3 heteroatoms. The van der Waals surface area contributed by atoms with E-state index in [9.17, 15) is 8.78 Å². The first kappa shape index (κ1) is 10.6. The zero-order valence-corrected chi connectivity index (χ0v) is 8.09. The molecule has 0 aliphatic carbocycles. The molecular weight excluding hydrogens is 184 g/mol. The molecule has 0 aromatic heterocycles. The molecule has 14 heavy (non-hydrogen) atoms. The van der Waals surface area contributed by atoms with Gasteiger partial charge in [0.1, 0.15) is 5.41 Å². The zero-order chi connectivity index (χ0) is 10.8. The van der Waals surface area contributed by atoms with Gasteiger partial charge < -0.3 is 0 Å². The molecule has 0 N–H and O–H groups in total. The van der Waals surface area contributed by atoms with Crippen molar-refractivity contribution in [3.05, 3.63) is 35.9 Å². The maximum Gasteiger partial charge on any atom is 0.290 e. The second-order valence-corrected chi connectivity index (χ2v) is 3.68. The lowest BCUT2D eigenvalue weighted by atomic mass is 9.83. The first-order valence-electron chi connectivity index (χ1n) is 4.26. The summed E-state index contributed by atoms with van der Waals surface area (Å²) in [5, 5.41) is 8.66. The van der Waals surface area contributed by atoms with Crippen LogP contribution in [0.25, 0.3) is 0 Å². The molecule has 1 nitrogen and oxygen atoms in total. The summed E-state index contributed by atoms with van der Waals surface area (Å²) in [7, 11) is 0. The van der Waals surface area contributed by atoms with Gasteiger partial charge in [0, 0.05) is 5.56 Å². The zero-order valence-electron chi connectivity index (χ0n) is 8.09. The SMILES string of the molecule is CC(C)(C#N)C(F)(F)c1ccccc1. The Hall–Kier alpha value is -1.43. The Labute approximate surface area is 82.0 Å². The Morgan fingerprint density at radius 1 is 1.14 bits per heavy atom. The van der Waals surface area contributed by atoms with E-state index in [1.165, 1.54) is 38.1 Å². The van der Waals surface area contributed by atoms with Crippen molar-refractivity contribution in [3.8, 4) is 6.07 Å². The normalized spacial score (nSPS) is 12.2. The van der Waals surface area contributed by atoms with Crippen LogP contribution in [0.3, 0.4) is 0 Å². The molecule has 0 aliphatic rings. The summed E-state index contributed by atoms with van der Waals surface area (Å²) in [6.07, 6.45) is 0. The lowest BCUT2D eigenvalue weighted by Crippen LogP contribution is -2.32. The number of nitriles is 1. The third-order valence-electron chi connectivity index (χ3n) is 2.20. The Morgan fingerprint density at radius 3 is 2.07 bits per heavy atom. The Morgan fingerprint density at radius 2 is 1.64 bits per heavy atom. The molecule has 0 unspecified atom stereocenters. The van der Waals surface area contributed by atoms with E-state index in [1.54, 1.807) is 12.1 Å². The first-order valence-corrected chi connectivity index (χ1v) is 4.26. The maximum atomic E-state index is 13.7. The van der Waals surface area contributed by atoms with Crippen LogP contribution < -0.4 is 0 Å². The molecule has 0 heterocycles. The van der Waals surface area contributed by atoms with Crippen molar-refractivity contribution in [1.29, 1.82) is 5.26 Å². The molecule has 1 aromatic rings. The van der Waals surface area contributed by atoms with E-state index in [-0.39, 0.29) is 5.56 Å². The summed E-state index contributed by atoms with van der Waals surface area (Å²) in [4.78, 5) is 0. The molecular formula is C11H11F2N. The van der Waals surface area contributed by atoms with Gasteiger partial charge >= 0.3 is 0 Å². The van der Waals surface area contributed by atoms with Crippen LogP contribution in [0.1, 0.15) is 19.4 Å². The van der Waals surface area contributed by atoms with Crippen LogP contribution in [0.2, 0.25) is 0 Å². The first-order chi connectivity index (χ1) is 6.42. The molecule has 0 aliphatic heterocycles. The van der Waals surface area contributed by atoms with Gasteiger partial charge in [0.2, 0.25) is 0 Å². The molecule has 0 radical (unpaired) electrons.